The summed E-state index contributed by atoms with van der Waals surface area (Å²) in [4.78, 5) is 29.6. The lowest BCUT2D eigenvalue weighted by Crippen LogP contribution is -2.55. The number of hydrogen-bond acceptors (Lipinski definition) is 9. The average Bonchev–Trinajstić information content (AvgIpc) is 3.42. The number of piperazine rings is 1. The van der Waals surface area contributed by atoms with Crippen molar-refractivity contribution in [2.75, 3.05) is 63.3 Å². The Kier molecular flexibility index (Phi) is 8.96. The fourth-order valence-electron chi connectivity index (χ4n) is 6.25. The van der Waals surface area contributed by atoms with Crippen LogP contribution in [0.1, 0.15) is 36.1 Å². The Morgan fingerprint density at radius 3 is 2.67 bits per heavy atom. The lowest BCUT2D eigenvalue weighted by molar-refractivity contribution is -0.138. The summed E-state index contributed by atoms with van der Waals surface area (Å²) in [5.74, 6) is 0.165. The van der Waals surface area contributed by atoms with Gasteiger partial charge in [-0.3, -0.25) is 4.79 Å². The molecule has 0 radical (unpaired) electrons. The Balaban J connectivity index is 1.50. The molecule has 5 rings (SSSR count). The van der Waals surface area contributed by atoms with Gasteiger partial charge in [-0.15, -0.1) is 0 Å². The molecule has 2 aromatic rings. The van der Waals surface area contributed by atoms with Gasteiger partial charge in [-0.05, 0) is 51.1 Å². The van der Waals surface area contributed by atoms with E-state index in [-0.39, 0.29) is 48.4 Å². The van der Waals surface area contributed by atoms with Crippen LogP contribution in [0.25, 0.3) is 0 Å². The van der Waals surface area contributed by atoms with Gasteiger partial charge >= 0.3 is 12.2 Å². The molecule has 4 heterocycles. The number of hydrogen-bond donors (Lipinski definition) is 0. The number of benzene rings is 1. The lowest BCUT2D eigenvalue weighted by atomic mass is 10.0. The summed E-state index contributed by atoms with van der Waals surface area (Å²) in [5.41, 5.74) is 0.623. The molecule has 10 nitrogen and oxygen atoms in total. The standard InChI is InChI=1S/C30H36F3N7O3/c1-4-26(41)40-16-15-39(17-20(40)10-12-34)28-22-11-14-38(24-8-5-9-25(42-3)27(24)30(31,32)33)18-23(22)35-29(36-28)43-19-21-7-6-13-37(21)2/h4-5,8-9,20-21H,1,6-7,10-11,13-19H2,2-3H3/t20-,21-/m0/s1. The van der Waals surface area contributed by atoms with Crippen LogP contribution in [0.2, 0.25) is 0 Å². The highest BCUT2D eigenvalue weighted by Gasteiger charge is 2.40. The normalized spacial score (nSPS) is 20.9. The van der Waals surface area contributed by atoms with Crippen molar-refractivity contribution in [3.05, 3.63) is 47.7 Å². The van der Waals surface area contributed by atoms with Crippen molar-refractivity contribution in [2.45, 2.75) is 50.5 Å². The molecule has 0 spiro atoms. The molecule has 2 saturated heterocycles. The fourth-order valence-corrected chi connectivity index (χ4v) is 6.25. The van der Waals surface area contributed by atoms with E-state index >= 15 is 0 Å². The van der Waals surface area contributed by atoms with Crippen molar-refractivity contribution in [3.63, 3.8) is 0 Å². The van der Waals surface area contributed by atoms with Gasteiger partial charge in [0.25, 0.3) is 0 Å². The smallest absolute Gasteiger partial charge is 0.421 e. The maximum absolute atomic E-state index is 14.2. The molecular weight excluding hydrogens is 563 g/mol. The second kappa shape index (κ2) is 12.7. The Morgan fingerprint density at radius 2 is 2.00 bits per heavy atom. The zero-order valence-electron chi connectivity index (χ0n) is 24.4. The first kappa shape index (κ1) is 30.4. The predicted octanol–water partition coefficient (Wildman–Crippen LogP) is 3.66. The molecule has 3 aliphatic rings. The van der Waals surface area contributed by atoms with E-state index in [0.29, 0.717) is 50.7 Å². The maximum atomic E-state index is 14.2. The van der Waals surface area contributed by atoms with Crippen molar-refractivity contribution >= 4 is 17.4 Å². The third-order valence-electron chi connectivity index (χ3n) is 8.51. The summed E-state index contributed by atoms with van der Waals surface area (Å²) in [6, 6.07) is 6.51. The number of aromatic nitrogens is 2. The van der Waals surface area contributed by atoms with Gasteiger partial charge in [0.15, 0.2) is 0 Å². The van der Waals surface area contributed by atoms with Crippen molar-refractivity contribution < 1.29 is 27.4 Å². The minimum Gasteiger partial charge on any atom is -0.496 e. The largest absolute Gasteiger partial charge is 0.496 e. The van der Waals surface area contributed by atoms with Crippen LogP contribution in [0.4, 0.5) is 24.7 Å². The fraction of sp³-hybridized carbons (Fsp3) is 0.533. The minimum atomic E-state index is -4.61. The minimum absolute atomic E-state index is 0.0262. The van der Waals surface area contributed by atoms with E-state index in [9.17, 15) is 23.2 Å². The number of alkyl halides is 3. The summed E-state index contributed by atoms with van der Waals surface area (Å²) < 4.78 is 53.8. The Hall–Kier alpha value is -4.05. The summed E-state index contributed by atoms with van der Waals surface area (Å²) in [6.07, 6.45) is -0.747. The van der Waals surface area contributed by atoms with Crippen molar-refractivity contribution in [3.8, 4) is 17.8 Å². The van der Waals surface area contributed by atoms with E-state index in [4.69, 9.17) is 19.4 Å². The van der Waals surface area contributed by atoms with Gasteiger partial charge in [-0.1, -0.05) is 12.6 Å². The van der Waals surface area contributed by atoms with Gasteiger partial charge in [0.1, 0.15) is 23.7 Å². The van der Waals surface area contributed by atoms with Crippen LogP contribution in [0.15, 0.2) is 30.9 Å². The van der Waals surface area contributed by atoms with Gasteiger partial charge in [0.2, 0.25) is 5.91 Å². The van der Waals surface area contributed by atoms with Gasteiger partial charge < -0.3 is 29.1 Å². The molecule has 3 aliphatic heterocycles. The molecule has 43 heavy (non-hydrogen) atoms. The number of amides is 1. The molecule has 1 aromatic carbocycles. The average molecular weight is 600 g/mol. The van der Waals surface area contributed by atoms with Crippen LogP contribution in [-0.4, -0.2) is 91.2 Å². The zero-order chi connectivity index (χ0) is 30.7. The number of carbonyl (C=O) groups is 1. The summed E-state index contributed by atoms with van der Waals surface area (Å²) in [6.45, 7) is 6.61. The molecule has 1 amide bonds. The Bertz CT molecular complexity index is 1400. The highest BCUT2D eigenvalue weighted by Crippen LogP contribution is 2.44. The van der Waals surface area contributed by atoms with Crippen LogP contribution < -0.4 is 19.3 Å². The van der Waals surface area contributed by atoms with E-state index in [1.165, 1.54) is 25.3 Å². The van der Waals surface area contributed by atoms with Gasteiger partial charge in [0, 0.05) is 37.8 Å². The van der Waals surface area contributed by atoms with E-state index < -0.39 is 11.7 Å². The van der Waals surface area contributed by atoms with Gasteiger partial charge in [0.05, 0.1) is 43.6 Å². The van der Waals surface area contributed by atoms with Gasteiger partial charge in [-0.2, -0.15) is 28.4 Å². The molecule has 1 aromatic heterocycles. The number of nitrogens with zero attached hydrogens (tertiary/aromatic N) is 7. The predicted molar refractivity (Wildman–Crippen MR) is 154 cm³/mol. The number of anilines is 2. The number of ether oxygens (including phenoxy) is 2. The summed E-state index contributed by atoms with van der Waals surface area (Å²) >= 11 is 0. The van der Waals surface area contributed by atoms with Crippen LogP contribution in [0.5, 0.6) is 11.8 Å². The van der Waals surface area contributed by atoms with Crippen molar-refractivity contribution in [1.82, 2.24) is 19.8 Å². The first-order valence-electron chi connectivity index (χ1n) is 14.4. The Morgan fingerprint density at radius 1 is 1.19 bits per heavy atom. The monoisotopic (exact) mass is 599 g/mol. The van der Waals surface area contributed by atoms with Crippen molar-refractivity contribution in [2.24, 2.45) is 0 Å². The number of carbonyl (C=O) groups excluding carboxylic acids is 1. The second-order valence-corrected chi connectivity index (χ2v) is 11.1. The third kappa shape index (κ3) is 6.34. The molecule has 2 fully saturated rings. The lowest BCUT2D eigenvalue weighted by Gasteiger charge is -2.42. The topological polar surface area (TPSA) is 98.1 Å². The van der Waals surface area contributed by atoms with E-state index in [0.717, 1.165) is 24.9 Å². The van der Waals surface area contributed by atoms with Gasteiger partial charge in [-0.25, -0.2) is 0 Å². The highest BCUT2D eigenvalue weighted by molar-refractivity contribution is 5.87. The molecule has 0 aliphatic carbocycles. The van der Waals surface area contributed by atoms with Crippen LogP contribution in [0, 0.1) is 11.3 Å². The molecule has 0 unspecified atom stereocenters. The molecule has 0 bridgehead atoms. The molecule has 0 saturated carbocycles. The number of rotatable bonds is 8. The first-order chi connectivity index (χ1) is 20.6. The van der Waals surface area contributed by atoms with Crippen molar-refractivity contribution in [1.29, 1.82) is 5.26 Å². The number of methoxy groups -OCH3 is 1. The van der Waals surface area contributed by atoms with Crippen LogP contribution in [0.3, 0.4) is 0 Å². The number of halogens is 3. The maximum Gasteiger partial charge on any atom is 0.421 e. The number of likely N-dealkylation sites (tertiary alicyclic amines) is 1. The number of nitriles is 1. The highest BCUT2D eigenvalue weighted by atomic mass is 19.4. The molecule has 2 atom stereocenters. The summed E-state index contributed by atoms with van der Waals surface area (Å²) in [7, 11) is 3.27. The zero-order valence-corrected chi connectivity index (χ0v) is 24.4. The van der Waals surface area contributed by atoms with Crippen LogP contribution in [-0.2, 0) is 23.9 Å². The number of fused-ring (bicyclic) bond motifs is 1. The number of likely N-dealkylation sites (N-methyl/N-ethyl adjacent to an activating group) is 1. The van der Waals surface area contributed by atoms with E-state index in [1.807, 2.05) is 11.9 Å². The molecule has 230 valence electrons. The third-order valence-corrected chi connectivity index (χ3v) is 8.51. The second-order valence-electron chi connectivity index (χ2n) is 11.1. The SMILES string of the molecule is C=CC(=O)N1CCN(c2nc(OC[C@@H]3CCCN3C)nc3c2CCN(c2cccc(OC)c2C(F)(F)F)C3)C[C@@H]1CC#N. The molecular formula is C30H36F3N7O3. The molecule has 0 N–H and O–H groups in total. The summed E-state index contributed by atoms with van der Waals surface area (Å²) in [5, 5.41) is 9.46. The quantitative estimate of drug-likeness (QED) is 0.421. The van der Waals surface area contributed by atoms with E-state index in [2.05, 4.69) is 17.5 Å². The van der Waals surface area contributed by atoms with E-state index in [1.54, 1.807) is 15.9 Å². The Labute approximate surface area is 249 Å². The molecule has 13 heteroatoms. The first-order valence-corrected chi connectivity index (χ1v) is 14.4. The van der Waals surface area contributed by atoms with Crippen LogP contribution >= 0.6 is 0 Å².